The van der Waals surface area contributed by atoms with E-state index in [1.807, 2.05) is 74.5 Å². The molecule has 6 rings (SSSR count). The minimum atomic E-state index is -1.18. The van der Waals surface area contributed by atoms with Crippen molar-refractivity contribution in [2.45, 2.75) is 26.7 Å². The lowest BCUT2D eigenvalue weighted by Gasteiger charge is -2.25. The summed E-state index contributed by atoms with van der Waals surface area (Å²) in [5.74, 6) is -2.26. The molecule has 0 aliphatic rings. The van der Waals surface area contributed by atoms with Gasteiger partial charge in [-0.05, 0) is 108 Å². The molecule has 0 fully saturated rings. The van der Waals surface area contributed by atoms with Crippen LogP contribution in [0.1, 0.15) is 77.5 Å². The van der Waals surface area contributed by atoms with Gasteiger partial charge in [-0.2, -0.15) is 0 Å². The largest absolute Gasteiger partial charge is 0.493 e. The number of hydrogen-bond donors (Lipinski definition) is 4. The molecule has 6 aromatic carbocycles. The number of carbonyl (C=O) groups is 4. The highest BCUT2D eigenvalue weighted by Gasteiger charge is 2.22. The minimum absolute atomic E-state index is 0.0761. The van der Waals surface area contributed by atoms with Gasteiger partial charge >= 0.3 is 11.9 Å². The van der Waals surface area contributed by atoms with Crippen LogP contribution < -0.4 is 20.1 Å². The summed E-state index contributed by atoms with van der Waals surface area (Å²) in [6, 6.07) is 42.7. The molecular formula is C47H42N2O8. The number of ether oxygens (including phenoxy) is 2. The Hall–Kier alpha value is -7.20. The fourth-order valence-electron chi connectivity index (χ4n) is 6.08. The number of carboxylic acids is 2. The third-order valence-corrected chi connectivity index (χ3v) is 9.10. The third-order valence-electron chi connectivity index (χ3n) is 9.10. The molecule has 0 spiro atoms. The van der Waals surface area contributed by atoms with Crippen molar-refractivity contribution in [2.75, 3.05) is 23.8 Å². The Morgan fingerprint density at radius 3 is 1.19 bits per heavy atom. The predicted molar refractivity (Wildman–Crippen MR) is 219 cm³/mol. The number of rotatable bonds is 16. The normalized spacial score (nSPS) is 11.0. The first-order valence-corrected chi connectivity index (χ1v) is 18.3. The van der Waals surface area contributed by atoms with E-state index in [4.69, 9.17) is 9.47 Å². The van der Waals surface area contributed by atoms with Gasteiger partial charge in [0.1, 0.15) is 11.5 Å². The van der Waals surface area contributed by atoms with Gasteiger partial charge in [0.25, 0.3) is 11.8 Å². The van der Waals surface area contributed by atoms with Crippen molar-refractivity contribution in [2.24, 2.45) is 5.41 Å². The van der Waals surface area contributed by atoms with Gasteiger partial charge in [-0.3, -0.25) is 9.59 Å². The molecular weight excluding hydrogens is 721 g/mol. The van der Waals surface area contributed by atoms with Gasteiger partial charge in [0, 0.05) is 16.8 Å². The zero-order valence-corrected chi connectivity index (χ0v) is 31.5. The van der Waals surface area contributed by atoms with Gasteiger partial charge in [0.15, 0.2) is 0 Å². The zero-order chi connectivity index (χ0) is 40.4. The summed E-state index contributed by atoms with van der Waals surface area (Å²) in [4.78, 5) is 50.3. The molecule has 0 bridgehead atoms. The molecule has 0 saturated heterocycles. The van der Waals surface area contributed by atoms with E-state index in [0.29, 0.717) is 48.9 Å². The Bertz CT molecular complexity index is 2190. The Labute approximate surface area is 330 Å². The van der Waals surface area contributed by atoms with Crippen LogP contribution in [-0.2, 0) is 12.8 Å². The van der Waals surface area contributed by atoms with E-state index in [1.54, 1.807) is 72.8 Å². The van der Waals surface area contributed by atoms with Gasteiger partial charge < -0.3 is 30.3 Å². The first-order valence-electron chi connectivity index (χ1n) is 18.3. The van der Waals surface area contributed by atoms with Crippen LogP contribution in [0.5, 0.6) is 11.5 Å². The second kappa shape index (κ2) is 18.0. The van der Waals surface area contributed by atoms with E-state index in [0.717, 1.165) is 22.3 Å². The second-order valence-electron chi connectivity index (χ2n) is 14.4. The van der Waals surface area contributed by atoms with E-state index in [1.165, 1.54) is 12.1 Å². The van der Waals surface area contributed by atoms with Gasteiger partial charge in [-0.15, -0.1) is 0 Å². The summed E-state index contributed by atoms with van der Waals surface area (Å²) < 4.78 is 12.1. The van der Waals surface area contributed by atoms with Crippen LogP contribution >= 0.6 is 0 Å². The minimum Gasteiger partial charge on any atom is -0.493 e. The quantitative estimate of drug-likeness (QED) is 0.0762. The zero-order valence-electron chi connectivity index (χ0n) is 31.5. The van der Waals surface area contributed by atoms with Crippen molar-refractivity contribution in [3.8, 4) is 11.5 Å². The predicted octanol–water partition coefficient (Wildman–Crippen LogP) is 9.25. The molecule has 0 heterocycles. The van der Waals surface area contributed by atoms with E-state index < -0.39 is 29.2 Å². The molecule has 57 heavy (non-hydrogen) atoms. The number of anilines is 2. The van der Waals surface area contributed by atoms with Crippen LogP contribution in [-0.4, -0.2) is 47.2 Å². The Morgan fingerprint density at radius 1 is 0.474 bits per heavy atom. The van der Waals surface area contributed by atoms with Gasteiger partial charge in [-0.1, -0.05) is 86.6 Å². The van der Waals surface area contributed by atoms with Gasteiger partial charge in [0.2, 0.25) is 0 Å². The second-order valence-corrected chi connectivity index (χ2v) is 14.4. The summed E-state index contributed by atoms with van der Waals surface area (Å²) in [5, 5.41) is 25.1. The molecule has 10 nitrogen and oxygen atoms in total. The average Bonchev–Trinajstić information content (AvgIpc) is 3.21. The van der Waals surface area contributed by atoms with E-state index >= 15 is 0 Å². The summed E-state index contributed by atoms with van der Waals surface area (Å²) in [5.41, 5.74) is 4.29. The van der Waals surface area contributed by atoms with Crippen molar-refractivity contribution in [1.29, 1.82) is 0 Å². The van der Waals surface area contributed by atoms with Crippen LogP contribution in [0.2, 0.25) is 0 Å². The average molecular weight is 763 g/mol. The fourth-order valence-corrected chi connectivity index (χ4v) is 6.08. The number of carboxylic acid groups (broad SMARTS) is 2. The van der Waals surface area contributed by atoms with Crippen LogP contribution in [0.4, 0.5) is 11.4 Å². The molecule has 0 radical (unpaired) electrons. The summed E-state index contributed by atoms with van der Waals surface area (Å²) in [6.45, 7) is 4.62. The molecule has 6 aromatic rings. The third kappa shape index (κ3) is 10.9. The van der Waals surface area contributed by atoms with Crippen LogP contribution in [0.15, 0.2) is 146 Å². The highest BCUT2D eigenvalue weighted by atomic mass is 16.5. The number of hydrogen-bond acceptors (Lipinski definition) is 6. The van der Waals surface area contributed by atoms with Crippen LogP contribution in [0.25, 0.3) is 0 Å². The molecule has 4 N–H and O–H groups in total. The lowest BCUT2D eigenvalue weighted by molar-refractivity contribution is 0.0683. The molecule has 288 valence electrons. The maximum atomic E-state index is 13.2. The smallest absolute Gasteiger partial charge is 0.336 e. The lowest BCUT2D eigenvalue weighted by atomic mass is 9.96. The topological polar surface area (TPSA) is 151 Å². The molecule has 0 unspecified atom stereocenters. The summed E-state index contributed by atoms with van der Waals surface area (Å²) >= 11 is 0. The molecule has 0 aliphatic heterocycles. The highest BCUT2D eigenvalue weighted by molar-refractivity contribution is 6.11. The molecule has 2 amide bonds. The maximum absolute atomic E-state index is 13.2. The highest BCUT2D eigenvalue weighted by Crippen LogP contribution is 2.25. The Balaban J connectivity index is 0.998. The van der Waals surface area contributed by atoms with Crippen molar-refractivity contribution in [3.63, 3.8) is 0 Å². The van der Waals surface area contributed by atoms with Crippen molar-refractivity contribution in [3.05, 3.63) is 190 Å². The van der Waals surface area contributed by atoms with Crippen molar-refractivity contribution >= 4 is 35.1 Å². The molecule has 0 atom stereocenters. The van der Waals surface area contributed by atoms with Crippen LogP contribution in [0.3, 0.4) is 0 Å². The monoisotopic (exact) mass is 762 g/mol. The molecule has 0 aromatic heterocycles. The first-order chi connectivity index (χ1) is 27.4. The van der Waals surface area contributed by atoms with Crippen molar-refractivity contribution < 1.29 is 38.9 Å². The Morgan fingerprint density at radius 2 is 0.842 bits per heavy atom. The number of carbonyl (C=O) groups excluding carboxylic acids is 2. The Kier molecular flexibility index (Phi) is 12.4. The summed E-state index contributed by atoms with van der Waals surface area (Å²) in [6.07, 6.45) is 1.12. The number of benzene rings is 6. The standard InChI is InChI=1S/C47H42N2O8/c1-47(2,29-56-37-19-15-35(16-20-37)48-43(50)41-27-33(13-23-39(41)45(52)53)25-31-9-5-3-6-10-31)30-57-38-21-17-36(18-22-38)49-44(51)42-28-34(14-24-40(42)46(54)55)26-32-11-7-4-8-12-32/h3-24,27-28H,25-26,29-30H2,1-2H3,(H,48,50)(H,49,51)(H,52,53)(H,54,55). The lowest BCUT2D eigenvalue weighted by Crippen LogP contribution is -2.28. The van der Waals surface area contributed by atoms with E-state index in [-0.39, 0.29) is 22.3 Å². The van der Waals surface area contributed by atoms with E-state index in [9.17, 15) is 29.4 Å². The number of amides is 2. The van der Waals surface area contributed by atoms with Gasteiger partial charge in [-0.25, -0.2) is 9.59 Å². The van der Waals surface area contributed by atoms with E-state index in [2.05, 4.69) is 10.6 Å². The number of nitrogens with one attached hydrogen (secondary N) is 2. The molecule has 0 aliphatic carbocycles. The molecule has 10 heteroatoms. The van der Waals surface area contributed by atoms with Crippen LogP contribution in [0, 0.1) is 5.41 Å². The maximum Gasteiger partial charge on any atom is 0.336 e. The molecule has 0 saturated carbocycles. The van der Waals surface area contributed by atoms with Crippen molar-refractivity contribution in [1.82, 2.24) is 0 Å². The summed E-state index contributed by atoms with van der Waals surface area (Å²) in [7, 11) is 0. The van der Waals surface area contributed by atoms with Gasteiger partial charge in [0.05, 0.1) is 35.5 Å². The number of aromatic carboxylic acids is 2. The first kappa shape index (κ1) is 39.5. The SMILES string of the molecule is CC(C)(COc1ccc(NC(=O)c2cc(Cc3ccccc3)ccc2C(=O)O)cc1)COc1ccc(NC(=O)c2cc(Cc3ccccc3)ccc2C(=O)O)cc1. The fraction of sp³-hybridized carbons (Fsp3) is 0.149.